The van der Waals surface area contributed by atoms with Gasteiger partial charge in [-0.2, -0.15) is 0 Å². The molecule has 93 heavy (non-hydrogen) atoms. The highest BCUT2D eigenvalue weighted by atomic mass is 31.2. The maximum atomic E-state index is 13.1. The second kappa shape index (κ2) is 67.3. The largest absolute Gasteiger partial charge is 0.472 e. The van der Waals surface area contributed by atoms with Crippen molar-refractivity contribution < 1.29 is 80.2 Å². The van der Waals surface area contributed by atoms with Crippen LogP contribution >= 0.6 is 15.6 Å². The number of aliphatic hydroxyl groups excluding tert-OH is 1. The van der Waals surface area contributed by atoms with Crippen LogP contribution in [0.1, 0.15) is 388 Å². The second-order valence-electron chi connectivity index (χ2n) is 27.2. The molecule has 0 aliphatic carbocycles. The first-order chi connectivity index (χ1) is 45.0. The van der Waals surface area contributed by atoms with Crippen molar-refractivity contribution in [3.63, 3.8) is 0 Å². The van der Waals surface area contributed by atoms with E-state index < -0.39 is 97.5 Å². The van der Waals surface area contributed by atoms with E-state index in [1.807, 2.05) is 0 Å². The Hall–Kier alpha value is -1.94. The van der Waals surface area contributed by atoms with Gasteiger partial charge in [-0.05, 0) is 31.6 Å². The lowest BCUT2D eigenvalue weighted by atomic mass is 10.0. The fraction of sp³-hybridized carbons (Fsp3) is 0.946. The Morgan fingerprint density at radius 1 is 0.290 bits per heavy atom. The van der Waals surface area contributed by atoms with Gasteiger partial charge in [-0.3, -0.25) is 37.3 Å². The van der Waals surface area contributed by atoms with Crippen molar-refractivity contribution in [2.24, 2.45) is 5.92 Å². The average molecular weight is 1370 g/mol. The predicted molar refractivity (Wildman–Crippen MR) is 377 cm³/mol. The zero-order valence-electron chi connectivity index (χ0n) is 60.4. The predicted octanol–water partition coefficient (Wildman–Crippen LogP) is 21.7. The molecule has 0 saturated heterocycles. The fourth-order valence-corrected chi connectivity index (χ4v) is 12.9. The summed E-state index contributed by atoms with van der Waals surface area (Å²) in [5, 5.41) is 10.6. The van der Waals surface area contributed by atoms with Crippen molar-refractivity contribution in [3.8, 4) is 0 Å². The lowest BCUT2D eigenvalue weighted by Gasteiger charge is -2.21. The molecule has 0 bridgehead atoms. The van der Waals surface area contributed by atoms with Crippen molar-refractivity contribution in [2.45, 2.75) is 406 Å². The minimum Gasteiger partial charge on any atom is -0.462 e. The van der Waals surface area contributed by atoms with Gasteiger partial charge in [0.05, 0.1) is 26.4 Å². The van der Waals surface area contributed by atoms with Crippen LogP contribution in [-0.4, -0.2) is 96.7 Å². The molecule has 0 heterocycles. The number of rotatable bonds is 74. The molecule has 2 unspecified atom stereocenters. The van der Waals surface area contributed by atoms with E-state index in [-0.39, 0.29) is 25.7 Å². The Bertz CT molecular complexity index is 1790. The summed E-state index contributed by atoms with van der Waals surface area (Å²) in [5.74, 6) is -1.36. The maximum absolute atomic E-state index is 13.1. The minimum atomic E-state index is -4.95. The average Bonchev–Trinajstić information content (AvgIpc) is 1.65. The lowest BCUT2D eigenvalue weighted by molar-refractivity contribution is -0.161. The van der Waals surface area contributed by atoms with Gasteiger partial charge in [-0.25, -0.2) is 9.13 Å². The third-order valence-electron chi connectivity index (χ3n) is 17.3. The van der Waals surface area contributed by atoms with Crippen LogP contribution in [-0.2, 0) is 65.4 Å². The molecular formula is C74H144O17P2. The van der Waals surface area contributed by atoms with Gasteiger partial charge in [-0.15, -0.1) is 0 Å². The highest BCUT2D eigenvalue weighted by Gasteiger charge is 2.30. The highest BCUT2D eigenvalue weighted by Crippen LogP contribution is 2.45. The second-order valence-corrected chi connectivity index (χ2v) is 30.1. The Morgan fingerprint density at radius 2 is 0.495 bits per heavy atom. The number of ether oxygens (including phenoxy) is 4. The van der Waals surface area contributed by atoms with Gasteiger partial charge in [0.15, 0.2) is 12.2 Å². The van der Waals surface area contributed by atoms with Crippen LogP contribution in [0.2, 0.25) is 0 Å². The number of aliphatic hydroxyl groups is 1. The van der Waals surface area contributed by atoms with Crippen LogP contribution in [0.15, 0.2) is 0 Å². The molecule has 0 amide bonds. The van der Waals surface area contributed by atoms with E-state index >= 15 is 0 Å². The summed E-state index contributed by atoms with van der Waals surface area (Å²) in [4.78, 5) is 72.7. The van der Waals surface area contributed by atoms with Gasteiger partial charge in [0.2, 0.25) is 0 Å². The summed E-state index contributed by atoms with van der Waals surface area (Å²) >= 11 is 0. The highest BCUT2D eigenvalue weighted by molar-refractivity contribution is 7.47. The van der Waals surface area contributed by atoms with Gasteiger partial charge in [-0.1, -0.05) is 336 Å². The summed E-state index contributed by atoms with van der Waals surface area (Å²) in [6.07, 6.45) is 55.4. The van der Waals surface area contributed by atoms with E-state index in [0.717, 1.165) is 95.8 Å². The SMILES string of the molecule is CCCCCCCCCCCCCCCCCCCC(=O)O[C@H](COC(=O)CCCCCCCCCCCCCCCC)COP(=O)(O)OC[C@@H](O)COP(=O)(O)OC[C@@H](COC(=O)CCCCCCCCCCC)OC(=O)CCCCCCCCCCCCC(C)C. The van der Waals surface area contributed by atoms with Crippen LogP contribution in [0.5, 0.6) is 0 Å². The van der Waals surface area contributed by atoms with Gasteiger partial charge < -0.3 is 33.8 Å². The molecule has 0 aromatic heterocycles. The summed E-state index contributed by atoms with van der Waals surface area (Å²) in [7, 11) is -9.90. The quantitative estimate of drug-likeness (QED) is 0.0222. The van der Waals surface area contributed by atoms with E-state index in [9.17, 15) is 43.2 Å². The van der Waals surface area contributed by atoms with Crippen LogP contribution in [0.4, 0.5) is 0 Å². The van der Waals surface area contributed by atoms with Crippen molar-refractivity contribution in [3.05, 3.63) is 0 Å². The van der Waals surface area contributed by atoms with E-state index in [1.165, 1.54) is 212 Å². The topological polar surface area (TPSA) is 237 Å². The van der Waals surface area contributed by atoms with E-state index in [2.05, 4.69) is 34.6 Å². The van der Waals surface area contributed by atoms with Crippen LogP contribution in [0.3, 0.4) is 0 Å². The molecular weight excluding hydrogens is 1220 g/mol. The molecule has 19 heteroatoms. The van der Waals surface area contributed by atoms with Crippen LogP contribution < -0.4 is 0 Å². The number of carbonyl (C=O) groups is 4. The van der Waals surface area contributed by atoms with Crippen molar-refractivity contribution >= 4 is 39.5 Å². The molecule has 0 rings (SSSR count). The first kappa shape index (κ1) is 91.1. The van der Waals surface area contributed by atoms with Crippen molar-refractivity contribution in [2.75, 3.05) is 39.6 Å². The Kier molecular flexibility index (Phi) is 65.9. The molecule has 0 saturated carbocycles. The molecule has 3 N–H and O–H groups in total. The molecule has 0 aliphatic heterocycles. The van der Waals surface area contributed by atoms with Crippen LogP contribution in [0.25, 0.3) is 0 Å². The molecule has 0 aliphatic rings. The van der Waals surface area contributed by atoms with Gasteiger partial charge in [0, 0.05) is 25.7 Å². The maximum Gasteiger partial charge on any atom is 0.472 e. The summed E-state index contributed by atoms with van der Waals surface area (Å²) < 4.78 is 68.4. The van der Waals surface area contributed by atoms with Gasteiger partial charge in [0.25, 0.3) is 0 Å². The Labute approximate surface area is 568 Å². The third kappa shape index (κ3) is 68.4. The Morgan fingerprint density at radius 3 is 0.731 bits per heavy atom. The zero-order valence-corrected chi connectivity index (χ0v) is 62.2. The first-order valence-electron chi connectivity index (χ1n) is 38.6. The van der Waals surface area contributed by atoms with Gasteiger partial charge in [0.1, 0.15) is 19.3 Å². The molecule has 5 atom stereocenters. The molecule has 0 fully saturated rings. The number of phosphoric acid groups is 2. The standard InChI is InChI=1S/C74H144O17P2/c1-6-9-12-15-18-21-23-25-27-28-29-31-33-39-44-49-54-59-73(78)90-70(64-85-72(77)58-53-48-43-38-32-30-26-24-22-19-16-13-10-7-2)66-89-93(82,83)87-62-68(75)61-86-92(80,81)88-65-69(63-84-71(76)57-52-47-42-36-20-17-14-11-8-3)91-74(79)60-55-50-45-40-35-34-37-41-46-51-56-67(4)5/h67-70,75H,6-66H2,1-5H3,(H,80,81)(H,82,83)/t68-,69+,70+/m0/s1. The summed E-state index contributed by atoms with van der Waals surface area (Å²) in [6, 6.07) is 0. The molecule has 0 aromatic carbocycles. The molecule has 0 spiro atoms. The fourth-order valence-electron chi connectivity index (χ4n) is 11.4. The number of esters is 4. The summed E-state index contributed by atoms with van der Waals surface area (Å²) in [6.45, 7) is 7.26. The van der Waals surface area contributed by atoms with Gasteiger partial charge >= 0.3 is 39.5 Å². The number of unbranched alkanes of at least 4 members (excludes halogenated alkanes) is 46. The number of hydrogen-bond donors (Lipinski definition) is 3. The van der Waals surface area contributed by atoms with E-state index in [4.69, 9.17) is 37.0 Å². The first-order valence-corrected chi connectivity index (χ1v) is 41.6. The minimum absolute atomic E-state index is 0.106. The Balaban J connectivity index is 5.23. The smallest absolute Gasteiger partial charge is 0.462 e. The zero-order chi connectivity index (χ0) is 68.4. The van der Waals surface area contributed by atoms with E-state index in [0.29, 0.717) is 25.7 Å². The van der Waals surface area contributed by atoms with Crippen molar-refractivity contribution in [1.82, 2.24) is 0 Å². The third-order valence-corrected chi connectivity index (χ3v) is 19.2. The van der Waals surface area contributed by atoms with E-state index in [1.54, 1.807) is 0 Å². The number of phosphoric ester groups is 2. The molecule has 0 radical (unpaired) electrons. The number of hydrogen-bond acceptors (Lipinski definition) is 15. The van der Waals surface area contributed by atoms with Crippen molar-refractivity contribution in [1.29, 1.82) is 0 Å². The monoisotopic (exact) mass is 1370 g/mol. The molecule has 552 valence electrons. The normalized spacial score (nSPS) is 14.0. The van der Waals surface area contributed by atoms with Crippen LogP contribution in [0, 0.1) is 5.92 Å². The molecule has 0 aromatic rings. The summed E-state index contributed by atoms with van der Waals surface area (Å²) in [5.41, 5.74) is 0. The number of carbonyl (C=O) groups excluding carboxylic acids is 4. The lowest BCUT2D eigenvalue weighted by Crippen LogP contribution is -2.30. The molecule has 17 nitrogen and oxygen atoms in total.